The molecule has 1 aliphatic rings. The number of primary amides is 1. The quantitative estimate of drug-likeness (QED) is 0.590. The van der Waals surface area contributed by atoms with Crippen LogP contribution in [0.25, 0.3) is 0 Å². The van der Waals surface area contributed by atoms with Gasteiger partial charge in [0.15, 0.2) is 0 Å². The Morgan fingerprint density at radius 1 is 1.67 bits per heavy atom. The van der Waals surface area contributed by atoms with E-state index < -0.39 is 6.09 Å². The molecule has 0 aromatic rings. The smallest absolute Gasteiger partial charge is 0.404 e. The number of amides is 1. The predicted molar refractivity (Wildman–Crippen MR) is 42.1 cm³/mol. The fraction of sp³-hybridized carbons (Fsp3) is 0.625. The number of hydrogen-bond acceptors (Lipinski definition) is 3. The van der Waals surface area contributed by atoms with Gasteiger partial charge in [0, 0.05) is 12.0 Å². The van der Waals surface area contributed by atoms with Crippen LogP contribution in [0.15, 0.2) is 5.57 Å². The third-order valence-electron chi connectivity index (χ3n) is 1.91. The first-order chi connectivity index (χ1) is 5.72. The van der Waals surface area contributed by atoms with Gasteiger partial charge in [-0.1, -0.05) is 0 Å². The summed E-state index contributed by atoms with van der Waals surface area (Å²) in [7, 11) is 0. The van der Waals surface area contributed by atoms with Crippen LogP contribution in [0.2, 0.25) is 0 Å². The lowest BCUT2D eigenvalue weighted by molar-refractivity contribution is 0.0937. The average molecular weight is 169 g/mol. The van der Waals surface area contributed by atoms with E-state index in [1.807, 2.05) is 5.94 Å². The van der Waals surface area contributed by atoms with Crippen molar-refractivity contribution < 1.29 is 14.3 Å². The normalized spacial score (nSPS) is 23.0. The maximum absolute atomic E-state index is 10.4. The Morgan fingerprint density at radius 3 is 3.00 bits per heavy atom. The molecule has 0 radical (unpaired) electrons. The second-order valence-corrected chi connectivity index (χ2v) is 2.86. The van der Waals surface area contributed by atoms with E-state index in [9.17, 15) is 9.59 Å². The van der Waals surface area contributed by atoms with E-state index in [4.69, 9.17) is 10.5 Å². The Hall–Kier alpha value is -1.28. The molecule has 0 heterocycles. The predicted octanol–water partition coefficient (Wildman–Crippen LogP) is 0.782. The van der Waals surface area contributed by atoms with E-state index in [1.54, 1.807) is 0 Å². The zero-order chi connectivity index (χ0) is 8.97. The van der Waals surface area contributed by atoms with Crippen LogP contribution in [-0.2, 0) is 9.53 Å². The first-order valence-corrected chi connectivity index (χ1v) is 3.91. The van der Waals surface area contributed by atoms with Gasteiger partial charge in [0.1, 0.15) is 12.0 Å². The zero-order valence-electron chi connectivity index (χ0n) is 6.71. The Bertz CT molecular complexity index is 230. The van der Waals surface area contributed by atoms with Crippen molar-refractivity contribution in [2.45, 2.75) is 31.8 Å². The van der Waals surface area contributed by atoms with Crippen LogP contribution in [0.1, 0.15) is 25.7 Å². The van der Waals surface area contributed by atoms with Gasteiger partial charge in [0.25, 0.3) is 0 Å². The van der Waals surface area contributed by atoms with E-state index >= 15 is 0 Å². The van der Waals surface area contributed by atoms with Gasteiger partial charge in [0.2, 0.25) is 0 Å². The van der Waals surface area contributed by atoms with Crippen LogP contribution >= 0.6 is 0 Å². The molecule has 0 aliphatic heterocycles. The average Bonchev–Trinajstić information content (AvgIpc) is 2.03. The maximum atomic E-state index is 10.4. The van der Waals surface area contributed by atoms with Crippen molar-refractivity contribution in [2.24, 2.45) is 5.73 Å². The van der Waals surface area contributed by atoms with Crippen molar-refractivity contribution in [3.8, 4) is 0 Å². The largest absolute Gasteiger partial charge is 0.446 e. The first kappa shape index (κ1) is 8.81. The summed E-state index contributed by atoms with van der Waals surface area (Å²) in [5, 5.41) is 0. The fourth-order valence-corrected chi connectivity index (χ4v) is 1.38. The first-order valence-electron chi connectivity index (χ1n) is 3.91. The summed E-state index contributed by atoms with van der Waals surface area (Å²) in [5.74, 6) is 1.84. The number of carbonyl (C=O) groups excluding carboxylic acids is 2. The van der Waals surface area contributed by atoms with Crippen molar-refractivity contribution in [3.05, 3.63) is 5.57 Å². The molecule has 0 unspecified atom stereocenters. The molecule has 0 bridgehead atoms. The summed E-state index contributed by atoms with van der Waals surface area (Å²) >= 11 is 0. The van der Waals surface area contributed by atoms with Gasteiger partial charge in [0.05, 0.1) is 0 Å². The van der Waals surface area contributed by atoms with E-state index in [0.29, 0.717) is 12.0 Å². The Kier molecular flexibility index (Phi) is 2.88. The molecular weight excluding hydrogens is 158 g/mol. The van der Waals surface area contributed by atoms with Gasteiger partial charge in [-0.05, 0) is 19.3 Å². The molecule has 4 nitrogen and oxygen atoms in total. The minimum Gasteiger partial charge on any atom is -0.446 e. The topological polar surface area (TPSA) is 69.4 Å². The van der Waals surface area contributed by atoms with Gasteiger partial charge < -0.3 is 10.5 Å². The highest BCUT2D eigenvalue weighted by Gasteiger charge is 2.20. The summed E-state index contributed by atoms with van der Waals surface area (Å²) < 4.78 is 4.76. The van der Waals surface area contributed by atoms with Gasteiger partial charge in [-0.2, -0.15) is 0 Å². The number of carbonyl (C=O) groups is 1. The summed E-state index contributed by atoms with van der Waals surface area (Å²) in [6.45, 7) is 0. The highest BCUT2D eigenvalue weighted by molar-refractivity contribution is 5.65. The molecule has 1 saturated carbocycles. The molecule has 4 heteroatoms. The molecule has 0 spiro atoms. The van der Waals surface area contributed by atoms with E-state index in [-0.39, 0.29) is 6.10 Å². The van der Waals surface area contributed by atoms with Gasteiger partial charge >= 0.3 is 6.09 Å². The van der Waals surface area contributed by atoms with Crippen LogP contribution in [-0.4, -0.2) is 18.1 Å². The molecule has 0 aromatic carbocycles. The SMILES string of the molecule is NC(=O)O[C@H]1CCCC(=C=O)C1. The number of nitrogens with two attached hydrogens (primary N) is 1. The van der Waals surface area contributed by atoms with Crippen molar-refractivity contribution in [1.82, 2.24) is 0 Å². The molecule has 1 fully saturated rings. The lowest BCUT2D eigenvalue weighted by atomic mass is 9.93. The molecule has 0 aromatic heterocycles. The van der Waals surface area contributed by atoms with E-state index in [2.05, 4.69) is 0 Å². The van der Waals surface area contributed by atoms with Crippen LogP contribution < -0.4 is 5.73 Å². The lowest BCUT2D eigenvalue weighted by Crippen LogP contribution is -2.25. The Labute approximate surface area is 70.4 Å². The number of ether oxygens (including phenoxy) is 1. The van der Waals surface area contributed by atoms with Crippen LogP contribution in [0, 0.1) is 0 Å². The number of rotatable bonds is 1. The fourth-order valence-electron chi connectivity index (χ4n) is 1.38. The molecule has 1 amide bonds. The number of hydrogen-bond donors (Lipinski definition) is 1. The third-order valence-corrected chi connectivity index (χ3v) is 1.91. The molecular formula is C8H11NO3. The van der Waals surface area contributed by atoms with Crippen molar-refractivity contribution in [1.29, 1.82) is 0 Å². The minimum atomic E-state index is -0.771. The van der Waals surface area contributed by atoms with E-state index in [1.165, 1.54) is 0 Å². The molecule has 2 N–H and O–H groups in total. The Morgan fingerprint density at radius 2 is 2.42 bits per heavy atom. The molecule has 1 atom stereocenters. The Balaban J connectivity index is 2.46. The third kappa shape index (κ3) is 2.40. The maximum Gasteiger partial charge on any atom is 0.404 e. The minimum absolute atomic E-state index is 0.215. The van der Waals surface area contributed by atoms with Crippen LogP contribution in [0.3, 0.4) is 0 Å². The van der Waals surface area contributed by atoms with E-state index in [0.717, 1.165) is 19.3 Å². The van der Waals surface area contributed by atoms with Crippen molar-refractivity contribution >= 4 is 12.0 Å². The summed E-state index contributed by atoms with van der Waals surface area (Å²) in [6, 6.07) is 0. The zero-order valence-corrected chi connectivity index (χ0v) is 6.71. The molecule has 1 aliphatic carbocycles. The summed E-state index contributed by atoms with van der Waals surface area (Å²) in [6.07, 6.45) is 1.92. The van der Waals surface area contributed by atoms with Crippen LogP contribution in [0.5, 0.6) is 0 Å². The molecule has 66 valence electrons. The van der Waals surface area contributed by atoms with Gasteiger partial charge in [-0.25, -0.2) is 9.59 Å². The second-order valence-electron chi connectivity index (χ2n) is 2.86. The summed E-state index contributed by atoms with van der Waals surface area (Å²) in [4.78, 5) is 20.6. The lowest BCUT2D eigenvalue weighted by Gasteiger charge is -2.21. The highest BCUT2D eigenvalue weighted by atomic mass is 16.6. The van der Waals surface area contributed by atoms with Gasteiger partial charge in [-0.15, -0.1) is 0 Å². The summed E-state index contributed by atoms with van der Waals surface area (Å²) in [5.41, 5.74) is 5.53. The standard InChI is InChI=1S/C8H11NO3/c9-8(11)12-7-3-1-2-6(4-7)5-10/h7H,1-4H2,(H2,9,11)/t7-/m0/s1. The van der Waals surface area contributed by atoms with Gasteiger partial charge in [-0.3, -0.25) is 0 Å². The monoisotopic (exact) mass is 169 g/mol. The molecule has 12 heavy (non-hydrogen) atoms. The molecule has 0 saturated heterocycles. The second kappa shape index (κ2) is 3.93. The molecule has 1 rings (SSSR count). The van der Waals surface area contributed by atoms with Crippen LogP contribution in [0.4, 0.5) is 4.79 Å². The van der Waals surface area contributed by atoms with Crippen molar-refractivity contribution in [2.75, 3.05) is 0 Å². The highest BCUT2D eigenvalue weighted by Crippen LogP contribution is 2.23. The van der Waals surface area contributed by atoms with Crippen molar-refractivity contribution in [3.63, 3.8) is 0 Å².